The van der Waals surface area contributed by atoms with Crippen LogP contribution in [0.1, 0.15) is 20.1 Å². The molecule has 2 heterocycles. The molecule has 2 rings (SSSR count). The molecule has 0 unspecified atom stereocenters. The molecule has 6 heteroatoms. The number of thiazole rings is 1. The van der Waals surface area contributed by atoms with Gasteiger partial charge in [-0.05, 0) is 23.9 Å². The van der Waals surface area contributed by atoms with E-state index in [0.29, 0.717) is 4.88 Å². The Morgan fingerprint density at radius 1 is 1.59 bits per heavy atom. The summed E-state index contributed by atoms with van der Waals surface area (Å²) in [4.78, 5) is 17.2. The number of anilines is 1. The molecule has 0 saturated heterocycles. The maximum absolute atomic E-state index is 11.2. The van der Waals surface area contributed by atoms with E-state index < -0.39 is 0 Å². The van der Waals surface area contributed by atoms with E-state index in [0.717, 1.165) is 11.7 Å². The minimum atomic E-state index is -0.345. The van der Waals surface area contributed by atoms with E-state index in [-0.39, 0.29) is 5.97 Å². The lowest BCUT2D eigenvalue weighted by molar-refractivity contribution is 0.0606. The highest BCUT2D eigenvalue weighted by atomic mass is 32.1. The minimum Gasteiger partial charge on any atom is -0.465 e. The number of nitrogens with zero attached hydrogens (tertiary/aromatic N) is 1. The SMILES string of the molecule is COC(=O)c1cnc(NCc2sccc2C)s1. The Hall–Kier alpha value is -1.40. The Balaban J connectivity index is 1.98. The first-order valence-corrected chi connectivity index (χ1v) is 6.71. The van der Waals surface area contributed by atoms with Crippen molar-refractivity contribution in [2.45, 2.75) is 13.5 Å². The Kier molecular flexibility index (Phi) is 3.75. The fraction of sp³-hybridized carbons (Fsp3) is 0.273. The first-order valence-electron chi connectivity index (χ1n) is 5.01. The summed E-state index contributed by atoms with van der Waals surface area (Å²) < 4.78 is 4.62. The molecule has 17 heavy (non-hydrogen) atoms. The second-order valence-corrected chi connectivity index (χ2v) is 5.43. The summed E-state index contributed by atoms with van der Waals surface area (Å²) in [5, 5.41) is 6.00. The van der Waals surface area contributed by atoms with Crippen LogP contribution in [-0.4, -0.2) is 18.1 Å². The van der Waals surface area contributed by atoms with Gasteiger partial charge in [0.25, 0.3) is 0 Å². The summed E-state index contributed by atoms with van der Waals surface area (Å²) in [7, 11) is 1.37. The molecule has 0 radical (unpaired) electrons. The monoisotopic (exact) mass is 268 g/mol. The number of aryl methyl sites for hydroxylation is 1. The lowest BCUT2D eigenvalue weighted by atomic mass is 10.3. The van der Waals surface area contributed by atoms with Crippen molar-refractivity contribution in [2.75, 3.05) is 12.4 Å². The van der Waals surface area contributed by atoms with Crippen LogP contribution in [0.2, 0.25) is 0 Å². The lowest BCUT2D eigenvalue weighted by Gasteiger charge is -2.00. The van der Waals surface area contributed by atoms with Crippen molar-refractivity contribution in [3.05, 3.63) is 33.0 Å². The molecule has 0 atom stereocenters. The van der Waals surface area contributed by atoms with E-state index in [2.05, 4.69) is 33.4 Å². The summed E-state index contributed by atoms with van der Waals surface area (Å²) in [6, 6.07) is 2.09. The van der Waals surface area contributed by atoms with E-state index in [4.69, 9.17) is 0 Å². The average Bonchev–Trinajstić information content (AvgIpc) is 2.94. The van der Waals surface area contributed by atoms with Crippen molar-refractivity contribution < 1.29 is 9.53 Å². The van der Waals surface area contributed by atoms with E-state index in [1.54, 1.807) is 11.3 Å². The van der Waals surface area contributed by atoms with E-state index in [9.17, 15) is 4.79 Å². The molecule has 0 aliphatic heterocycles. The molecule has 2 aromatic heterocycles. The van der Waals surface area contributed by atoms with Crippen LogP contribution in [0, 0.1) is 6.92 Å². The Bertz CT molecular complexity index is 519. The quantitative estimate of drug-likeness (QED) is 0.866. The highest BCUT2D eigenvalue weighted by Crippen LogP contribution is 2.21. The second kappa shape index (κ2) is 5.29. The number of ether oxygens (including phenoxy) is 1. The predicted octanol–water partition coefficient (Wildman–Crippen LogP) is 2.91. The zero-order valence-corrected chi connectivity index (χ0v) is 11.2. The van der Waals surface area contributed by atoms with Crippen LogP contribution in [0.15, 0.2) is 17.6 Å². The first kappa shape index (κ1) is 12.1. The van der Waals surface area contributed by atoms with Crippen molar-refractivity contribution in [3.63, 3.8) is 0 Å². The molecular formula is C11H12N2O2S2. The maximum Gasteiger partial charge on any atom is 0.349 e. The molecule has 0 fully saturated rings. The van der Waals surface area contributed by atoms with Gasteiger partial charge in [0.05, 0.1) is 19.9 Å². The van der Waals surface area contributed by atoms with Crippen LogP contribution in [0.3, 0.4) is 0 Å². The topological polar surface area (TPSA) is 51.2 Å². The van der Waals surface area contributed by atoms with Gasteiger partial charge in [-0.2, -0.15) is 0 Å². The number of carbonyl (C=O) groups is 1. The van der Waals surface area contributed by atoms with Crippen molar-refractivity contribution >= 4 is 33.8 Å². The summed E-state index contributed by atoms with van der Waals surface area (Å²) in [5.41, 5.74) is 1.27. The van der Waals surface area contributed by atoms with E-state index in [1.165, 1.54) is 35.1 Å². The third-order valence-corrected chi connectivity index (χ3v) is 4.22. The lowest BCUT2D eigenvalue weighted by Crippen LogP contribution is -1.98. The van der Waals surface area contributed by atoms with Crippen molar-refractivity contribution in [1.29, 1.82) is 0 Å². The van der Waals surface area contributed by atoms with Gasteiger partial charge in [0.15, 0.2) is 5.13 Å². The number of carbonyl (C=O) groups excluding carboxylic acids is 1. The Labute approximate surface area is 107 Å². The number of hydrogen-bond donors (Lipinski definition) is 1. The van der Waals surface area contributed by atoms with Crippen LogP contribution in [0.25, 0.3) is 0 Å². The standard InChI is InChI=1S/C11H12N2O2S2/c1-7-3-4-16-8(7)5-12-11-13-6-9(17-11)10(14)15-2/h3-4,6H,5H2,1-2H3,(H,12,13). The van der Waals surface area contributed by atoms with E-state index in [1.807, 2.05) is 0 Å². The van der Waals surface area contributed by atoms with Gasteiger partial charge in [-0.15, -0.1) is 11.3 Å². The predicted molar refractivity (Wildman–Crippen MR) is 69.8 cm³/mol. The molecule has 1 N–H and O–H groups in total. The molecule has 0 spiro atoms. The largest absolute Gasteiger partial charge is 0.465 e. The maximum atomic E-state index is 11.2. The van der Waals surface area contributed by atoms with E-state index >= 15 is 0 Å². The number of hydrogen-bond acceptors (Lipinski definition) is 6. The van der Waals surface area contributed by atoms with Gasteiger partial charge in [-0.3, -0.25) is 0 Å². The molecule has 0 aliphatic carbocycles. The molecule has 2 aromatic rings. The van der Waals surface area contributed by atoms with Crippen LogP contribution < -0.4 is 5.32 Å². The summed E-state index contributed by atoms with van der Waals surface area (Å²) in [6.45, 7) is 2.81. The second-order valence-electron chi connectivity index (χ2n) is 3.40. The smallest absolute Gasteiger partial charge is 0.349 e. The molecule has 0 bridgehead atoms. The molecule has 0 aliphatic rings. The molecule has 0 amide bonds. The van der Waals surface area contributed by atoms with Crippen LogP contribution in [-0.2, 0) is 11.3 Å². The molecule has 90 valence electrons. The van der Waals surface area contributed by atoms with Crippen LogP contribution in [0.5, 0.6) is 0 Å². The molecule has 0 aromatic carbocycles. The van der Waals surface area contributed by atoms with Gasteiger partial charge in [-0.1, -0.05) is 11.3 Å². The molecular weight excluding hydrogens is 256 g/mol. The van der Waals surface area contributed by atoms with Crippen LogP contribution >= 0.6 is 22.7 Å². The van der Waals surface area contributed by atoms with Gasteiger partial charge >= 0.3 is 5.97 Å². The Morgan fingerprint density at radius 3 is 3.06 bits per heavy atom. The van der Waals surface area contributed by atoms with Gasteiger partial charge in [0.1, 0.15) is 4.88 Å². The summed E-state index contributed by atoms with van der Waals surface area (Å²) >= 11 is 3.01. The number of thiophene rings is 1. The third kappa shape index (κ3) is 2.83. The zero-order valence-electron chi connectivity index (χ0n) is 9.52. The number of methoxy groups -OCH3 is 1. The highest BCUT2D eigenvalue weighted by Gasteiger charge is 2.10. The fourth-order valence-corrected chi connectivity index (χ4v) is 2.87. The first-order chi connectivity index (χ1) is 8.20. The molecule has 0 saturated carbocycles. The van der Waals surface area contributed by atoms with Gasteiger partial charge in [0.2, 0.25) is 0 Å². The van der Waals surface area contributed by atoms with Crippen molar-refractivity contribution in [2.24, 2.45) is 0 Å². The Morgan fingerprint density at radius 2 is 2.41 bits per heavy atom. The zero-order chi connectivity index (χ0) is 12.3. The van der Waals surface area contributed by atoms with Crippen molar-refractivity contribution in [3.8, 4) is 0 Å². The third-order valence-electron chi connectivity index (χ3n) is 2.26. The fourth-order valence-electron chi connectivity index (χ4n) is 1.29. The number of rotatable bonds is 4. The normalized spacial score (nSPS) is 10.2. The van der Waals surface area contributed by atoms with Gasteiger partial charge < -0.3 is 10.1 Å². The molecule has 4 nitrogen and oxygen atoms in total. The van der Waals surface area contributed by atoms with Crippen molar-refractivity contribution in [1.82, 2.24) is 4.98 Å². The van der Waals surface area contributed by atoms with Gasteiger partial charge in [-0.25, -0.2) is 9.78 Å². The highest BCUT2D eigenvalue weighted by molar-refractivity contribution is 7.17. The number of nitrogens with one attached hydrogen (secondary N) is 1. The summed E-state index contributed by atoms with van der Waals surface area (Å²) in [5.74, 6) is -0.345. The number of aromatic nitrogens is 1. The average molecular weight is 268 g/mol. The van der Waals surface area contributed by atoms with Crippen LogP contribution in [0.4, 0.5) is 5.13 Å². The minimum absolute atomic E-state index is 0.345. The summed E-state index contributed by atoms with van der Waals surface area (Å²) in [6.07, 6.45) is 1.53. The number of esters is 1. The van der Waals surface area contributed by atoms with Gasteiger partial charge in [0, 0.05) is 4.88 Å².